The Bertz CT molecular complexity index is 871. The third-order valence-corrected chi connectivity index (χ3v) is 10.3. The molecule has 4 saturated carbocycles. The van der Waals surface area contributed by atoms with E-state index in [9.17, 15) is 24.3 Å². The molecule has 39 heavy (non-hydrogen) atoms. The molecule has 3 unspecified atom stereocenters. The summed E-state index contributed by atoms with van der Waals surface area (Å²) in [4.78, 5) is 46.7. The Kier molecular flexibility index (Phi) is 16.8. The van der Waals surface area contributed by atoms with Gasteiger partial charge in [-0.05, 0) is 69.1 Å². The van der Waals surface area contributed by atoms with Gasteiger partial charge in [-0.15, -0.1) is 0 Å². The third kappa shape index (κ3) is 9.07. The number of aliphatic hydroxyl groups is 1. The first-order chi connectivity index (χ1) is 18.5. The fourth-order valence-corrected chi connectivity index (χ4v) is 8.01. The van der Waals surface area contributed by atoms with Crippen molar-refractivity contribution in [2.75, 3.05) is 0 Å². The molecule has 0 aromatic heterocycles. The second-order valence-electron chi connectivity index (χ2n) is 12.0. The van der Waals surface area contributed by atoms with Gasteiger partial charge in [-0.3, -0.25) is 19.2 Å². The van der Waals surface area contributed by atoms with Crippen molar-refractivity contribution in [3.63, 3.8) is 0 Å². The molecule has 11 heteroatoms. The van der Waals surface area contributed by atoms with Crippen LogP contribution in [0.4, 0.5) is 0 Å². The van der Waals surface area contributed by atoms with Crippen LogP contribution in [0.3, 0.4) is 0 Å². The van der Waals surface area contributed by atoms with Gasteiger partial charge in [0.25, 0.3) is 0 Å². The van der Waals surface area contributed by atoms with Crippen LogP contribution < -0.4 is 13.3 Å². The Balaban J connectivity index is 0.000000236. The molecule has 6 nitrogen and oxygen atoms in total. The Labute approximate surface area is 287 Å². The van der Waals surface area contributed by atoms with Gasteiger partial charge in [-0.25, -0.2) is 0 Å². The van der Waals surface area contributed by atoms with Gasteiger partial charge in [-0.1, -0.05) is 20.8 Å². The van der Waals surface area contributed by atoms with E-state index in [0.717, 1.165) is 51.4 Å². The molecular weight excluding hydrogens is 1070 g/mol. The van der Waals surface area contributed by atoms with Crippen molar-refractivity contribution in [2.24, 2.45) is 34.5 Å². The fourth-order valence-electron chi connectivity index (χ4n) is 8.01. The van der Waals surface area contributed by atoms with Gasteiger partial charge >= 0.3 is 56.5 Å². The number of halogens is 5. The quantitative estimate of drug-likeness (QED) is 0.310. The van der Waals surface area contributed by atoms with Crippen molar-refractivity contribution in [3.05, 3.63) is 0 Å². The van der Waals surface area contributed by atoms with Crippen LogP contribution in [-0.4, -0.2) is 40.6 Å². The van der Waals surface area contributed by atoms with Gasteiger partial charge in [0.2, 0.25) is 0 Å². The average Bonchev–Trinajstić information content (AvgIpc) is 3.40. The maximum absolute atomic E-state index is 12.0. The zero-order chi connectivity index (χ0) is 29.4. The number of esters is 1. The van der Waals surface area contributed by atoms with Gasteiger partial charge in [0.05, 0.1) is 6.10 Å². The first-order valence-corrected chi connectivity index (χ1v) is 32.8. The minimum atomic E-state index is -0.321. The molecule has 1 heterocycles. The van der Waals surface area contributed by atoms with Crippen LogP contribution in [0.15, 0.2) is 0 Å². The van der Waals surface area contributed by atoms with E-state index in [1.807, 2.05) is 6.92 Å². The van der Waals surface area contributed by atoms with E-state index in [4.69, 9.17) is 4.74 Å². The number of rotatable bonds is 4. The van der Waals surface area contributed by atoms with E-state index in [1.165, 1.54) is 0 Å². The Morgan fingerprint density at radius 3 is 2.05 bits per heavy atom. The number of hydrogen-bond donors (Lipinski definition) is 1. The summed E-state index contributed by atoms with van der Waals surface area (Å²) in [5, 5.41) is 10.2. The molecule has 0 aromatic carbocycles. The predicted octanol–water partition coefficient (Wildman–Crippen LogP) is 5.14. The molecule has 1 aliphatic heterocycles. The van der Waals surface area contributed by atoms with Crippen molar-refractivity contribution in [1.29, 1.82) is 0 Å². The molecule has 1 saturated heterocycles. The number of ether oxygens (including phenoxy) is 1. The topological polar surface area (TPSA) is 97.7 Å². The van der Waals surface area contributed by atoms with E-state index < -0.39 is 0 Å². The molecule has 5 rings (SSSR count). The molecule has 5 aliphatic rings. The monoisotopic (exact) mass is 1110 g/mol. The molecule has 0 bridgehead atoms. The second kappa shape index (κ2) is 17.5. The number of carbonyl (C=O) groups excluding carboxylic acids is 4. The average molecular weight is 1110 g/mol. The molecule has 0 aromatic rings. The summed E-state index contributed by atoms with van der Waals surface area (Å²) in [7, 11) is 0. The van der Waals surface area contributed by atoms with E-state index >= 15 is 0 Å². The van der Waals surface area contributed by atoms with Crippen LogP contribution in [0.25, 0.3) is 0 Å². The number of Topliss-reactive ketones (excluding diaryl/α,β-unsaturated/α-hetero) is 3. The normalized spacial score (nSPS) is 38.4. The molecule has 1 N–H and O–H groups in total. The molecule has 0 amide bonds. The first kappa shape index (κ1) is 37.3. The molecule has 8 atom stereocenters. The molecule has 5 fully saturated rings. The standard InChI is InChI=1S/C15H24O3.C13H18O3.I3.I2/c1-3-10(16)4-5-11-12-6-7-14(18)15(12,2)9-8-13(11)17;1-13-7-6-10-8(2-5-12(15)16-10)9(13)3-4-11(13)14;1-3-2;1-2/h11-13,17H,3-9H2,1-2H3;8-10H,2-7H2,1H3;;/q;;-1;/t11-,12?,13?,15-;8-,9?,10+,13-;;/m00../s1. The van der Waals surface area contributed by atoms with Crippen LogP contribution in [0, 0.1) is 34.5 Å². The van der Waals surface area contributed by atoms with Gasteiger partial charge in [0.15, 0.2) is 0 Å². The third-order valence-electron chi connectivity index (χ3n) is 10.3. The van der Waals surface area contributed by atoms with Crippen molar-refractivity contribution in [2.45, 2.75) is 116 Å². The van der Waals surface area contributed by atoms with Crippen LogP contribution in [0.2, 0.25) is 0 Å². The number of hydrogen-bond acceptors (Lipinski definition) is 6. The number of fused-ring (bicyclic) bond motifs is 4. The molecule has 0 radical (unpaired) electrons. The van der Waals surface area contributed by atoms with E-state index in [1.54, 1.807) is 0 Å². The molecule has 4 aliphatic carbocycles. The zero-order valence-corrected chi connectivity index (χ0v) is 33.8. The summed E-state index contributed by atoms with van der Waals surface area (Å²) in [5.41, 5.74) is -0.329. The number of ketones is 3. The van der Waals surface area contributed by atoms with Crippen LogP contribution >= 0.6 is 74.5 Å². The number of carbonyl (C=O) groups is 4. The van der Waals surface area contributed by atoms with Gasteiger partial charge in [0.1, 0.15) is 23.5 Å². The van der Waals surface area contributed by atoms with Crippen LogP contribution in [0.1, 0.15) is 104 Å². The Morgan fingerprint density at radius 2 is 1.46 bits per heavy atom. The van der Waals surface area contributed by atoms with Crippen molar-refractivity contribution in [3.8, 4) is 0 Å². The maximum atomic E-state index is 12.0. The van der Waals surface area contributed by atoms with E-state index in [2.05, 4.69) is 88.3 Å². The summed E-state index contributed by atoms with van der Waals surface area (Å²) in [6.45, 7) is 6.07. The van der Waals surface area contributed by atoms with Gasteiger partial charge < -0.3 is 9.84 Å². The summed E-state index contributed by atoms with van der Waals surface area (Å²) in [6, 6.07) is 0. The minimum absolute atomic E-state index is 0.0471. The Morgan fingerprint density at radius 1 is 0.923 bits per heavy atom. The van der Waals surface area contributed by atoms with E-state index in [0.29, 0.717) is 74.7 Å². The molecule has 0 spiro atoms. The summed E-state index contributed by atoms with van der Waals surface area (Å²) in [6.07, 6.45) is 9.75. The van der Waals surface area contributed by atoms with E-state index in [-0.39, 0.29) is 40.7 Å². The van der Waals surface area contributed by atoms with Gasteiger partial charge in [0, 0.05) is 86.1 Å². The zero-order valence-electron chi connectivity index (χ0n) is 23.0. The molecular formula is C28H42I5O6-. The van der Waals surface area contributed by atoms with Crippen molar-refractivity contribution < 1.29 is 42.3 Å². The fraction of sp³-hybridized carbons (Fsp3) is 0.857. The summed E-state index contributed by atoms with van der Waals surface area (Å²) in [5.74, 6) is 2.37. The predicted molar refractivity (Wildman–Crippen MR) is 183 cm³/mol. The SMILES string of the molecule is CCC(=O)CC[C@@H]1C(O)CC[C@]2(C)C(=O)CCC12.C[C@]12CC[C@H]3OC(=O)CC[C@H]3C1CCC2=O.II.I[I-]I. The molecule has 226 valence electrons. The second-order valence-corrected chi connectivity index (χ2v) is 28.2. The summed E-state index contributed by atoms with van der Waals surface area (Å²) < 4.78 is 5.43. The van der Waals surface area contributed by atoms with Crippen molar-refractivity contribution >= 4 is 97.8 Å². The van der Waals surface area contributed by atoms with Crippen LogP contribution in [-0.2, 0) is 23.9 Å². The number of aliphatic hydroxyl groups excluding tert-OH is 1. The van der Waals surface area contributed by atoms with Crippen molar-refractivity contribution in [1.82, 2.24) is 0 Å². The summed E-state index contributed by atoms with van der Waals surface area (Å²) >= 11 is 9.54. The first-order valence-electron chi connectivity index (χ1n) is 14.0. The van der Waals surface area contributed by atoms with Gasteiger partial charge in [-0.2, -0.15) is 0 Å². The van der Waals surface area contributed by atoms with Crippen LogP contribution in [0.5, 0.6) is 0 Å². The Hall–Kier alpha value is 2.09.